The Labute approximate surface area is 92.7 Å². The Morgan fingerprint density at radius 3 is 2.73 bits per heavy atom. The molecule has 0 saturated carbocycles. The van der Waals surface area contributed by atoms with E-state index in [1.807, 2.05) is 32.0 Å². The van der Waals surface area contributed by atoms with Crippen LogP contribution in [0.15, 0.2) is 39.0 Å². The molecule has 3 nitrogen and oxygen atoms in total. The van der Waals surface area contributed by atoms with Crippen LogP contribution in [0.25, 0.3) is 0 Å². The molecule has 0 atom stereocenters. The zero-order valence-electron chi connectivity index (χ0n) is 8.65. The highest BCUT2D eigenvalue weighted by molar-refractivity contribution is 7.99. The van der Waals surface area contributed by atoms with Crippen molar-refractivity contribution in [1.82, 2.24) is 4.98 Å². The highest BCUT2D eigenvalue weighted by Crippen LogP contribution is 2.28. The Hall–Kier alpha value is -1.42. The Bertz CT molecular complexity index is 479. The summed E-state index contributed by atoms with van der Waals surface area (Å²) in [6.07, 6.45) is 1.65. The number of anilines is 1. The van der Waals surface area contributed by atoms with Crippen LogP contribution < -0.4 is 5.73 Å². The highest BCUT2D eigenvalue weighted by Gasteiger charge is 2.04. The average molecular weight is 220 g/mol. The molecule has 1 aromatic carbocycles. The Morgan fingerprint density at radius 1 is 1.33 bits per heavy atom. The van der Waals surface area contributed by atoms with Crippen molar-refractivity contribution in [2.45, 2.75) is 24.0 Å². The smallest absolute Gasteiger partial charge is 0.260 e. The fourth-order valence-electron chi connectivity index (χ4n) is 1.19. The van der Waals surface area contributed by atoms with Crippen LogP contribution in [0.2, 0.25) is 0 Å². The molecular weight excluding hydrogens is 208 g/mol. The van der Waals surface area contributed by atoms with Gasteiger partial charge in [0.25, 0.3) is 5.22 Å². The molecule has 0 aliphatic carbocycles. The first-order valence-electron chi connectivity index (χ1n) is 4.61. The van der Waals surface area contributed by atoms with Crippen molar-refractivity contribution >= 4 is 17.4 Å². The molecule has 2 N–H and O–H groups in total. The number of nitrogen functional groups attached to an aromatic ring is 1. The lowest BCUT2D eigenvalue weighted by atomic mass is 10.2. The van der Waals surface area contributed by atoms with E-state index in [2.05, 4.69) is 4.98 Å². The standard InChI is InChI=1S/C11H12N2OS/c1-7-5-9(3-4-10(7)12)15-11-13-8(2)6-14-11/h3-6H,12H2,1-2H3. The number of aromatic nitrogens is 1. The molecule has 0 aliphatic heterocycles. The van der Waals surface area contributed by atoms with Crippen LogP contribution in [-0.4, -0.2) is 4.98 Å². The number of benzene rings is 1. The Balaban J connectivity index is 2.21. The summed E-state index contributed by atoms with van der Waals surface area (Å²) in [6.45, 7) is 3.89. The van der Waals surface area contributed by atoms with Gasteiger partial charge in [0, 0.05) is 10.6 Å². The SMILES string of the molecule is Cc1coc(Sc2ccc(N)c(C)c2)n1. The van der Waals surface area contributed by atoms with Crippen LogP contribution in [-0.2, 0) is 0 Å². The number of hydrogen-bond donors (Lipinski definition) is 1. The van der Waals surface area contributed by atoms with Crippen LogP contribution >= 0.6 is 11.8 Å². The van der Waals surface area contributed by atoms with Crippen molar-refractivity contribution in [1.29, 1.82) is 0 Å². The zero-order chi connectivity index (χ0) is 10.8. The van der Waals surface area contributed by atoms with Crippen molar-refractivity contribution < 1.29 is 4.42 Å². The van der Waals surface area contributed by atoms with Gasteiger partial charge in [-0.1, -0.05) is 0 Å². The molecule has 0 fully saturated rings. The zero-order valence-corrected chi connectivity index (χ0v) is 9.47. The molecule has 2 rings (SSSR count). The van der Waals surface area contributed by atoms with E-state index in [-0.39, 0.29) is 0 Å². The molecule has 0 aliphatic rings. The van der Waals surface area contributed by atoms with Crippen LogP contribution in [0.5, 0.6) is 0 Å². The molecule has 0 amide bonds. The lowest BCUT2D eigenvalue weighted by Crippen LogP contribution is -1.88. The van der Waals surface area contributed by atoms with Gasteiger partial charge in [-0.2, -0.15) is 0 Å². The number of hydrogen-bond acceptors (Lipinski definition) is 4. The second-order valence-electron chi connectivity index (χ2n) is 3.38. The summed E-state index contributed by atoms with van der Waals surface area (Å²) in [5, 5.41) is 0.664. The third kappa shape index (κ3) is 2.33. The van der Waals surface area contributed by atoms with Crippen LogP contribution in [0.1, 0.15) is 11.3 Å². The largest absolute Gasteiger partial charge is 0.439 e. The number of rotatable bonds is 2. The van der Waals surface area contributed by atoms with E-state index in [9.17, 15) is 0 Å². The van der Waals surface area contributed by atoms with E-state index >= 15 is 0 Å². The summed E-state index contributed by atoms with van der Waals surface area (Å²) in [7, 11) is 0. The Morgan fingerprint density at radius 2 is 2.13 bits per heavy atom. The summed E-state index contributed by atoms with van der Waals surface area (Å²) in [5.74, 6) is 0. The third-order valence-electron chi connectivity index (χ3n) is 2.04. The molecule has 4 heteroatoms. The van der Waals surface area contributed by atoms with Crippen molar-refractivity contribution in [3.05, 3.63) is 35.7 Å². The number of nitrogens with zero attached hydrogens (tertiary/aromatic N) is 1. The summed E-state index contributed by atoms with van der Waals surface area (Å²) in [4.78, 5) is 5.31. The van der Waals surface area contributed by atoms with E-state index in [0.717, 1.165) is 21.8 Å². The van der Waals surface area contributed by atoms with E-state index in [0.29, 0.717) is 5.22 Å². The number of nitrogens with two attached hydrogens (primary N) is 1. The van der Waals surface area contributed by atoms with Gasteiger partial charge in [-0.15, -0.1) is 0 Å². The molecule has 0 saturated heterocycles. The predicted octanol–water partition coefficient (Wildman–Crippen LogP) is 3.02. The number of oxazole rings is 1. The van der Waals surface area contributed by atoms with Gasteiger partial charge in [-0.3, -0.25) is 0 Å². The van der Waals surface area contributed by atoms with Gasteiger partial charge in [0.1, 0.15) is 6.26 Å². The highest BCUT2D eigenvalue weighted by atomic mass is 32.2. The Kier molecular flexibility index (Phi) is 2.68. The van der Waals surface area contributed by atoms with Crippen molar-refractivity contribution in [3.8, 4) is 0 Å². The predicted molar refractivity (Wildman–Crippen MR) is 61.0 cm³/mol. The maximum atomic E-state index is 5.74. The molecule has 15 heavy (non-hydrogen) atoms. The van der Waals surface area contributed by atoms with Crippen molar-refractivity contribution in [2.24, 2.45) is 0 Å². The van der Waals surface area contributed by atoms with Gasteiger partial charge in [0.15, 0.2) is 0 Å². The number of aryl methyl sites for hydroxylation is 2. The normalized spacial score (nSPS) is 10.5. The fraction of sp³-hybridized carbons (Fsp3) is 0.182. The van der Waals surface area contributed by atoms with E-state index in [1.165, 1.54) is 11.8 Å². The van der Waals surface area contributed by atoms with Crippen molar-refractivity contribution in [2.75, 3.05) is 5.73 Å². The monoisotopic (exact) mass is 220 g/mol. The van der Waals surface area contributed by atoms with Gasteiger partial charge in [-0.05, 0) is 49.4 Å². The van der Waals surface area contributed by atoms with Crippen LogP contribution in [0, 0.1) is 13.8 Å². The first kappa shape index (κ1) is 10.1. The average Bonchev–Trinajstić information content (AvgIpc) is 2.58. The summed E-state index contributed by atoms with van der Waals surface area (Å²) in [5.41, 5.74) is 8.51. The second kappa shape index (κ2) is 3.98. The fourth-order valence-corrected chi connectivity index (χ4v) is 2.05. The van der Waals surface area contributed by atoms with Gasteiger partial charge in [-0.25, -0.2) is 4.98 Å². The third-order valence-corrected chi connectivity index (χ3v) is 2.90. The minimum Gasteiger partial charge on any atom is -0.439 e. The molecule has 0 bridgehead atoms. The summed E-state index contributed by atoms with van der Waals surface area (Å²) < 4.78 is 5.26. The molecule has 0 radical (unpaired) electrons. The molecule has 0 spiro atoms. The minimum absolute atomic E-state index is 0.664. The first-order valence-corrected chi connectivity index (χ1v) is 5.43. The topological polar surface area (TPSA) is 52.0 Å². The summed E-state index contributed by atoms with van der Waals surface area (Å²) >= 11 is 1.50. The molecular formula is C11H12N2OS. The molecule has 2 aromatic rings. The first-order chi connectivity index (χ1) is 7.15. The van der Waals surface area contributed by atoms with Gasteiger partial charge in [0.05, 0.1) is 5.69 Å². The van der Waals surface area contributed by atoms with E-state index < -0.39 is 0 Å². The lowest BCUT2D eigenvalue weighted by Gasteiger charge is -2.01. The van der Waals surface area contributed by atoms with Crippen molar-refractivity contribution in [3.63, 3.8) is 0 Å². The van der Waals surface area contributed by atoms with Crippen LogP contribution in [0.4, 0.5) is 5.69 Å². The maximum Gasteiger partial charge on any atom is 0.260 e. The molecule has 0 unspecified atom stereocenters. The van der Waals surface area contributed by atoms with Gasteiger partial charge >= 0.3 is 0 Å². The molecule has 1 heterocycles. The van der Waals surface area contributed by atoms with Gasteiger partial charge < -0.3 is 10.2 Å². The summed E-state index contributed by atoms with van der Waals surface area (Å²) in [6, 6.07) is 5.89. The maximum absolute atomic E-state index is 5.74. The second-order valence-corrected chi connectivity index (χ2v) is 4.40. The van der Waals surface area contributed by atoms with Crippen LogP contribution in [0.3, 0.4) is 0 Å². The lowest BCUT2D eigenvalue weighted by molar-refractivity contribution is 0.454. The molecule has 78 valence electrons. The van der Waals surface area contributed by atoms with E-state index in [1.54, 1.807) is 6.26 Å². The van der Waals surface area contributed by atoms with E-state index in [4.69, 9.17) is 10.2 Å². The molecule has 1 aromatic heterocycles. The quantitative estimate of drug-likeness (QED) is 0.790. The van der Waals surface area contributed by atoms with Gasteiger partial charge in [0.2, 0.25) is 0 Å². The minimum atomic E-state index is 0.664.